The van der Waals surface area contributed by atoms with E-state index in [2.05, 4.69) is 34.7 Å². The molecule has 0 aliphatic heterocycles. The minimum atomic E-state index is -0.00667. The van der Waals surface area contributed by atoms with Gasteiger partial charge in [0, 0.05) is 5.56 Å². The van der Waals surface area contributed by atoms with Crippen molar-refractivity contribution in [3.63, 3.8) is 0 Å². The smallest absolute Gasteiger partial charge is 0.229 e. The van der Waals surface area contributed by atoms with Crippen LogP contribution in [0.1, 0.15) is 46.7 Å². The lowest BCUT2D eigenvalue weighted by atomic mass is 9.88. The standard InChI is InChI=1S/C23H25N3O/c1-16-10-12-18(13-11-16)14-22(27)25-23-17(2)15-24-26(23)21-9-5-7-19-6-3-4-8-20(19)21/h3-4,6,8,10-13,15,21H,5,7,9,14H2,1-2H3,(H,25,27). The van der Waals surface area contributed by atoms with Crippen molar-refractivity contribution in [2.75, 3.05) is 5.32 Å². The van der Waals surface area contributed by atoms with Crippen LogP contribution in [0.4, 0.5) is 5.82 Å². The number of amides is 1. The summed E-state index contributed by atoms with van der Waals surface area (Å²) in [5.41, 5.74) is 5.92. The number of hydrogen-bond donors (Lipinski definition) is 1. The van der Waals surface area contributed by atoms with E-state index in [9.17, 15) is 4.79 Å². The first-order valence-electron chi connectivity index (χ1n) is 9.59. The SMILES string of the molecule is Cc1ccc(CC(=O)Nc2c(C)cnn2C2CCCc3ccccc32)cc1. The molecule has 1 amide bonds. The summed E-state index contributed by atoms with van der Waals surface area (Å²) in [5, 5.41) is 7.72. The second-order valence-electron chi connectivity index (χ2n) is 7.44. The number of hydrogen-bond acceptors (Lipinski definition) is 2. The minimum Gasteiger partial charge on any atom is -0.310 e. The quantitative estimate of drug-likeness (QED) is 0.740. The molecule has 27 heavy (non-hydrogen) atoms. The van der Waals surface area contributed by atoms with Gasteiger partial charge in [0.1, 0.15) is 5.82 Å². The van der Waals surface area contributed by atoms with Crippen LogP contribution in [0.15, 0.2) is 54.7 Å². The molecular weight excluding hydrogens is 334 g/mol. The van der Waals surface area contributed by atoms with Gasteiger partial charge >= 0.3 is 0 Å². The number of carbonyl (C=O) groups excluding carboxylic acids is 1. The Bertz CT molecular complexity index is 956. The van der Waals surface area contributed by atoms with Gasteiger partial charge < -0.3 is 5.32 Å². The van der Waals surface area contributed by atoms with Crippen molar-refractivity contribution < 1.29 is 4.79 Å². The van der Waals surface area contributed by atoms with Crippen molar-refractivity contribution in [3.05, 3.63) is 82.5 Å². The summed E-state index contributed by atoms with van der Waals surface area (Å²) in [6.45, 7) is 4.05. The Morgan fingerprint density at radius 2 is 1.93 bits per heavy atom. The maximum atomic E-state index is 12.6. The lowest BCUT2D eigenvalue weighted by molar-refractivity contribution is -0.115. The van der Waals surface area contributed by atoms with Gasteiger partial charge in [-0.2, -0.15) is 5.10 Å². The second-order valence-corrected chi connectivity index (χ2v) is 7.44. The van der Waals surface area contributed by atoms with Crippen LogP contribution in [0.5, 0.6) is 0 Å². The minimum absolute atomic E-state index is 0.00667. The maximum Gasteiger partial charge on any atom is 0.229 e. The largest absolute Gasteiger partial charge is 0.310 e. The van der Waals surface area contributed by atoms with Gasteiger partial charge in [0.2, 0.25) is 5.91 Å². The third-order valence-corrected chi connectivity index (χ3v) is 5.35. The van der Waals surface area contributed by atoms with Gasteiger partial charge in [0.25, 0.3) is 0 Å². The van der Waals surface area contributed by atoms with Crippen molar-refractivity contribution >= 4 is 11.7 Å². The van der Waals surface area contributed by atoms with Crippen molar-refractivity contribution in [3.8, 4) is 0 Å². The van der Waals surface area contributed by atoms with Gasteiger partial charge in [-0.15, -0.1) is 0 Å². The molecule has 2 aromatic carbocycles. The van der Waals surface area contributed by atoms with Crippen LogP contribution in [0.2, 0.25) is 0 Å². The summed E-state index contributed by atoms with van der Waals surface area (Å²) < 4.78 is 2.00. The predicted molar refractivity (Wildman–Crippen MR) is 108 cm³/mol. The van der Waals surface area contributed by atoms with Crippen LogP contribution < -0.4 is 5.32 Å². The molecule has 3 aromatic rings. The third-order valence-electron chi connectivity index (χ3n) is 5.35. The number of benzene rings is 2. The molecule has 1 unspecified atom stereocenters. The summed E-state index contributed by atoms with van der Waals surface area (Å²) in [6.07, 6.45) is 5.50. The van der Waals surface area contributed by atoms with Gasteiger partial charge in [0.15, 0.2) is 0 Å². The Morgan fingerprint density at radius 3 is 2.74 bits per heavy atom. The van der Waals surface area contributed by atoms with E-state index in [-0.39, 0.29) is 11.9 Å². The predicted octanol–water partition coefficient (Wildman–Crippen LogP) is 4.61. The van der Waals surface area contributed by atoms with E-state index in [1.807, 2.05) is 49.0 Å². The van der Waals surface area contributed by atoms with E-state index in [4.69, 9.17) is 0 Å². The molecule has 0 radical (unpaired) electrons. The summed E-state index contributed by atoms with van der Waals surface area (Å²) in [6, 6.07) is 16.9. The van der Waals surface area contributed by atoms with E-state index in [1.165, 1.54) is 16.7 Å². The fraction of sp³-hybridized carbons (Fsp3) is 0.304. The zero-order valence-electron chi connectivity index (χ0n) is 15.9. The molecule has 1 aliphatic rings. The van der Waals surface area contributed by atoms with E-state index < -0.39 is 0 Å². The number of anilines is 1. The van der Waals surface area contributed by atoms with E-state index in [1.54, 1.807) is 0 Å². The Balaban J connectivity index is 1.57. The fourth-order valence-electron chi connectivity index (χ4n) is 3.89. The number of rotatable bonds is 4. The topological polar surface area (TPSA) is 46.9 Å². The Labute approximate surface area is 160 Å². The molecule has 0 saturated carbocycles. The number of nitrogens with one attached hydrogen (secondary N) is 1. The highest BCUT2D eigenvalue weighted by molar-refractivity contribution is 5.92. The van der Waals surface area contributed by atoms with Crippen molar-refractivity contribution in [2.45, 2.75) is 45.6 Å². The van der Waals surface area contributed by atoms with Crippen LogP contribution in [-0.2, 0) is 17.6 Å². The van der Waals surface area contributed by atoms with E-state index >= 15 is 0 Å². The summed E-state index contributed by atoms with van der Waals surface area (Å²) in [5.74, 6) is 0.807. The highest BCUT2D eigenvalue weighted by Gasteiger charge is 2.25. The highest BCUT2D eigenvalue weighted by Crippen LogP contribution is 2.35. The summed E-state index contributed by atoms with van der Waals surface area (Å²) in [7, 11) is 0. The number of carbonyl (C=O) groups is 1. The third kappa shape index (κ3) is 3.65. The molecule has 4 heteroatoms. The molecule has 1 atom stereocenters. The zero-order chi connectivity index (χ0) is 18.8. The van der Waals surface area contributed by atoms with E-state index in [0.717, 1.165) is 36.2 Å². The Morgan fingerprint density at radius 1 is 1.15 bits per heavy atom. The van der Waals surface area contributed by atoms with Crippen LogP contribution in [0.25, 0.3) is 0 Å². The van der Waals surface area contributed by atoms with Gasteiger partial charge in [-0.05, 0) is 49.8 Å². The average molecular weight is 359 g/mol. The first kappa shape index (κ1) is 17.5. The molecule has 138 valence electrons. The molecule has 1 N–H and O–H groups in total. The fourth-order valence-corrected chi connectivity index (χ4v) is 3.89. The Hall–Kier alpha value is -2.88. The average Bonchev–Trinajstić information content (AvgIpc) is 3.03. The van der Waals surface area contributed by atoms with Crippen molar-refractivity contribution in [2.24, 2.45) is 0 Å². The first-order chi connectivity index (χ1) is 13.1. The molecule has 0 saturated heterocycles. The first-order valence-corrected chi connectivity index (χ1v) is 9.59. The zero-order valence-corrected chi connectivity index (χ0v) is 15.9. The molecule has 4 nitrogen and oxygen atoms in total. The van der Waals surface area contributed by atoms with Crippen molar-refractivity contribution in [1.29, 1.82) is 0 Å². The van der Waals surface area contributed by atoms with Gasteiger partial charge in [-0.1, -0.05) is 54.1 Å². The summed E-state index contributed by atoms with van der Waals surface area (Å²) in [4.78, 5) is 12.6. The number of fused-ring (bicyclic) bond motifs is 1. The molecule has 1 aliphatic carbocycles. The number of aromatic nitrogens is 2. The number of nitrogens with zero attached hydrogens (tertiary/aromatic N) is 2. The summed E-state index contributed by atoms with van der Waals surface area (Å²) >= 11 is 0. The van der Waals surface area contributed by atoms with E-state index in [0.29, 0.717) is 6.42 Å². The van der Waals surface area contributed by atoms with Crippen molar-refractivity contribution in [1.82, 2.24) is 9.78 Å². The van der Waals surface area contributed by atoms with Crippen LogP contribution in [0, 0.1) is 13.8 Å². The van der Waals surface area contributed by atoms with Gasteiger partial charge in [-0.25, -0.2) is 4.68 Å². The molecule has 0 spiro atoms. The van der Waals surface area contributed by atoms with Gasteiger partial charge in [0.05, 0.1) is 18.7 Å². The lowest BCUT2D eigenvalue weighted by Crippen LogP contribution is -2.23. The second kappa shape index (κ2) is 7.39. The maximum absolute atomic E-state index is 12.6. The van der Waals surface area contributed by atoms with Crippen LogP contribution in [0.3, 0.4) is 0 Å². The Kier molecular flexibility index (Phi) is 4.80. The molecular formula is C23H25N3O. The van der Waals surface area contributed by atoms with Crippen LogP contribution in [-0.4, -0.2) is 15.7 Å². The molecule has 1 heterocycles. The van der Waals surface area contributed by atoms with Gasteiger partial charge in [-0.3, -0.25) is 4.79 Å². The highest BCUT2D eigenvalue weighted by atomic mass is 16.1. The molecule has 4 rings (SSSR count). The monoisotopic (exact) mass is 359 g/mol. The lowest BCUT2D eigenvalue weighted by Gasteiger charge is -2.27. The normalized spacial score (nSPS) is 16.0. The van der Waals surface area contributed by atoms with Crippen LogP contribution >= 0.6 is 0 Å². The molecule has 0 fully saturated rings. The molecule has 0 bridgehead atoms. The molecule has 1 aromatic heterocycles. The number of aryl methyl sites for hydroxylation is 3.